The van der Waals surface area contributed by atoms with Crippen LogP contribution in [0.5, 0.6) is 0 Å². The minimum Gasteiger partial charge on any atom is -0.396 e. The third kappa shape index (κ3) is 1.99. The number of hydrogen-bond donors (Lipinski definition) is 1. The molecule has 2 rings (SSSR count). The minimum atomic E-state index is 0.367. The predicted molar refractivity (Wildman–Crippen MR) is 49.0 cm³/mol. The van der Waals surface area contributed by atoms with Crippen molar-refractivity contribution in [3.63, 3.8) is 0 Å². The van der Waals surface area contributed by atoms with Gasteiger partial charge in [0.1, 0.15) is 0 Å². The van der Waals surface area contributed by atoms with Crippen LogP contribution in [0.1, 0.15) is 32.1 Å². The highest BCUT2D eigenvalue weighted by molar-refractivity contribution is 4.84. The Labute approximate surface area is 74.6 Å². The Balaban J connectivity index is 1.76. The third-order valence-electron chi connectivity index (χ3n) is 3.15. The molecule has 70 valence electrons. The van der Waals surface area contributed by atoms with Gasteiger partial charge in [0.25, 0.3) is 0 Å². The Morgan fingerprint density at radius 3 is 2.75 bits per heavy atom. The summed E-state index contributed by atoms with van der Waals surface area (Å²) < 4.78 is 0. The number of aliphatic hydroxyl groups is 1. The average Bonchev–Trinajstić information content (AvgIpc) is 2.76. The van der Waals surface area contributed by atoms with E-state index in [4.69, 9.17) is 5.11 Å². The van der Waals surface area contributed by atoms with E-state index in [1.54, 1.807) is 0 Å². The van der Waals surface area contributed by atoms with Crippen LogP contribution in [0.25, 0.3) is 0 Å². The summed E-state index contributed by atoms with van der Waals surface area (Å²) in [6.45, 7) is 2.96. The molecule has 2 heteroatoms. The van der Waals surface area contributed by atoms with Gasteiger partial charge in [-0.05, 0) is 44.6 Å². The van der Waals surface area contributed by atoms with Crippen molar-refractivity contribution in [2.24, 2.45) is 5.92 Å². The van der Waals surface area contributed by atoms with Gasteiger partial charge < -0.3 is 10.0 Å². The van der Waals surface area contributed by atoms with E-state index in [1.807, 2.05) is 0 Å². The standard InChI is InChI=1S/C10H19NO/c12-7-5-10-2-1-6-11(10)8-9-3-4-9/h9-10,12H,1-8H2. The Kier molecular flexibility index (Phi) is 2.66. The molecule has 1 saturated heterocycles. The van der Waals surface area contributed by atoms with E-state index >= 15 is 0 Å². The van der Waals surface area contributed by atoms with Gasteiger partial charge in [0.05, 0.1) is 0 Å². The molecule has 1 aliphatic carbocycles. The van der Waals surface area contributed by atoms with Gasteiger partial charge in [-0.1, -0.05) is 0 Å². The maximum Gasteiger partial charge on any atom is 0.0445 e. The molecule has 0 radical (unpaired) electrons. The number of likely N-dealkylation sites (tertiary alicyclic amines) is 1. The first-order chi connectivity index (χ1) is 5.90. The summed E-state index contributed by atoms with van der Waals surface area (Å²) in [5, 5.41) is 8.87. The first-order valence-electron chi connectivity index (χ1n) is 5.25. The van der Waals surface area contributed by atoms with Crippen molar-refractivity contribution >= 4 is 0 Å². The molecule has 1 N–H and O–H groups in total. The molecular weight excluding hydrogens is 150 g/mol. The SMILES string of the molecule is OCCC1CCCN1CC1CC1. The predicted octanol–water partition coefficient (Wildman–Crippen LogP) is 1.24. The minimum absolute atomic E-state index is 0.367. The van der Waals surface area contributed by atoms with Gasteiger partial charge in [-0.15, -0.1) is 0 Å². The summed E-state index contributed by atoms with van der Waals surface area (Å²) in [5.74, 6) is 1.00. The van der Waals surface area contributed by atoms with Crippen LogP contribution in [0.15, 0.2) is 0 Å². The van der Waals surface area contributed by atoms with Crippen molar-refractivity contribution in [3.05, 3.63) is 0 Å². The molecule has 1 atom stereocenters. The fourth-order valence-corrected chi connectivity index (χ4v) is 2.24. The summed E-state index contributed by atoms with van der Waals surface area (Å²) in [6.07, 6.45) is 6.54. The monoisotopic (exact) mass is 169 g/mol. The zero-order chi connectivity index (χ0) is 8.39. The number of aliphatic hydroxyl groups excluding tert-OH is 1. The van der Waals surface area contributed by atoms with Crippen LogP contribution < -0.4 is 0 Å². The first kappa shape index (κ1) is 8.52. The Morgan fingerprint density at radius 1 is 1.25 bits per heavy atom. The van der Waals surface area contributed by atoms with Crippen LogP contribution in [0, 0.1) is 5.92 Å². The van der Waals surface area contributed by atoms with Gasteiger partial charge >= 0.3 is 0 Å². The number of nitrogens with zero attached hydrogens (tertiary/aromatic N) is 1. The largest absolute Gasteiger partial charge is 0.396 e. The second kappa shape index (κ2) is 3.75. The van der Waals surface area contributed by atoms with E-state index in [1.165, 1.54) is 38.8 Å². The van der Waals surface area contributed by atoms with Gasteiger partial charge in [-0.2, -0.15) is 0 Å². The molecule has 1 heterocycles. The van der Waals surface area contributed by atoms with Crippen LogP contribution in [0.4, 0.5) is 0 Å². The summed E-state index contributed by atoms with van der Waals surface area (Å²) in [6, 6.07) is 0.704. The first-order valence-corrected chi connectivity index (χ1v) is 5.25. The van der Waals surface area contributed by atoms with E-state index in [0.717, 1.165) is 12.3 Å². The lowest BCUT2D eigenvalue weighted by Gasteiger charge is -2.23. The van der Waals surface area contributed by atoms with Crippen LogP contribution >= 0.6 is 0 Å². The van der Waals surface area contributed by atoms with Crippen molar-refractivity contribution in [2.45, 2.75) is 38.1 Å². The maximum absolute atomic E-state index is 8.87. The van der Waals surface area contributed by atoms with Gasteiger partial charge in [0.15, 0.2) is 0 Å². The lowest BCUT2D eigenvalue weighted by Crippen LogP contribution is -2.31. The van der Waals surface area contributed by atoms with Crippen LogP contribution in [0.3, 0.4) is 0 Å². The van der Waals surface area contributed by atoms with Crippen molar-refractivity contribution in [3.8, 4) is 0 Å². The highest BCUT2D eigenvalue weighted by Gasteiger charge is 2.30. The highest BCUT2D eigenvalue weighted by atomic mass is 16.3. The Morgan fingerprint density at radius 2 is 2.08 bits per heavy atom. The molecule has 12 heavy (non-hydrogen) atoms. The third-order valence-corrected chi connectivity index (χ3v) is 3.15. The van der Waals surface area contributed by atoms with E-state index in [0.29, 0.717) is 12.6 Å². The van der Waals surface area contributed by atoms with Gasteiger partial charge in [0.2, 0.25) is 0 Å². The quantitative estimate of drug-likeness (QED) is 0.684. The summed E-state index contributed by atoms with van der Waals surface area (Å²) in [4.78, 5) is 2.59. The molecule has 0 bridgehead atoms. The van der Waals surface area contributed by atoms with E-state index < -0.39 is 0 Å². The molecule has 0 spiro atoms. The molecule has 1 saturated carbocycles. The molecule has 0 amide bonds. The molecule has 2 nitrogen and oxygen atoms in total. The Bertz CT molecular complexity index is 145. The average molecular weight is 169 g/mol. The summed E-state index contributed by atoms with van der Waals surface area (Å²) in [5.41, 5.74) is 0. The second-order valence-corrected chi connectivity index (χ2v) is 4.25. The molecule has 0 aromatic rings. The van der Waals surface area contributed by atoms with Gasteiger partial charge in [0, 0.05) is 19.2 Å². The lowest BCUT2D eigenvalue weighted by atomic mass is 10.1. The molecule has 2 fully saturated rings. The zero-order valence-electron chi connectivity index (χ0n) is 7.71. The van der Waals surface area contributed by atoms with Crippen molar-refractivity contribution in [1.82, 2.24) is 4.90 Å². The molecule has 1 aliphatic heterocycles. The number of rotatable bonds is 4. The Hall–Kier alpha value is -0.0800. The lowest BCUT2D eigenvalue weighted by molar-refractivity contribution is 0.190. The summed E-state index contributed by atoms with van der Waals surface area (Å²) in [7, 11) is 0. The molecule has 0 aromatic carbocycles. The normalized spacial score (nSPS) is 31.2. The molecule has 1 unspecified atom stereocenters. The molecule has 2 aliphatic rings. The van der Waals surface area contributed by atoms with Crippen LogP contribution in [-0.2, 0) is 0 Å². The van der Waals surface area contributed by atoms with Crippen molar-refractivity contribution in [1.29, 1.82) is 0 Å². The van der Waals surface area contributed by atoms with E-state index in [2.05, 4.69) is 4.90 Å². The zero-order valence-corrected chi connectivity index (χ0v) is 7.71. The van der Waals surface area contributed by atoms with Crippen molar-refractivity contribution < 1.29 is 5.11 Å². The van der Waals surface area contributed by atoms with Gasteiger partial charge in [-0.3, -0.25) is 0 Å². The molecule has 0 aromatic heterocycles. The smallest absolute Gasteiger partial charge is 0.0445 e. The molecular formula is C10H19NO. The van der Waals surface area contributed by atoms with Crippen LogP contribution in [0.2, 0.25) is 0 Å². The fraction of sp³-hybridized carbons (Fsp3) is 1.00. The van der Waals surface area contributed by atoms with Crippen LogP contribution in [-0.4, -0.2) is 35.7 Å². The highest BCUT2D eigenvalue weighted by Crippen LogP contribution is 2.32. The second-order valence-electron chi connectivity index (χ2n) is 4.25. The summed E-state index contributed by atoms with van der Waals surface area (Å²) >= 11 is 0. The van der Waals surface area contributed by atoms with Gasteiger partial charge in [-0.25, -0.2) is 0 Å². The van der Waals surface area contributed by atoms with E-state index in [9.17, 15) is 0 Å². The number of hydrogen-bond acceptors (Lipinski definition) is 2. The fourth-order valence-electron chi connectivity index (χ4n) is 2.24. The van der Waals surface area contributed by atoms with E-state index in [-0.39, 0.29) is 0 Å². The maximum atomic E-state index is 8.87. The van der Waals surface area contributed by atoms with Crippen molar-refractivity contribution in [2.75, 3.05) is 19.7 Å². The topological polar surface area (TPSA) is 23.5 Å².